The van der Waals surface area contributed by atoms with E-state index < -0.39 is 29.6 Å². The van der Waals surface area contributed by atoms with Gasteiger partial charge in [-0.25, -0.2) is 0 Å². The number of benzene rings is 2. The molecule has 4 aliphatic rings. The topological polar surface area (TPSA) is 87.7 Å². The summed E-state index contributed by atoms with van der Waals surface area (Å²) in [5.41, 5.74) is 1.29. The number of carbonyl (C=O) groups is 3. The highest BCUT2D eigenvalue weighted by Crippen LogP contribution is 2.55. The lowest BCUT2D eigenvalue weighted by molar-refractivity contribution is -0.142. The van der Waals surface area contributed by atoms with Gasteiger partial charge in [0.25, 0.3) is 0 Å². The van der Waals surface area contributed by atoms with Crippen LogP contribution in [-0.2, 0) is 25.7 Å². The molecule has 7 nitrogen and oxygen atoms in total. The molecule has 1 aliphatic carbocycles. The fourth-order valence-electron chi connectivity index (χ4n) is 6.64. The molecule has 0 aromatic heterocycles. The number of anilines is 1. The summed E-state index contributed by atoms with van der Waals surface area (Å²) in [5.74, 6) is -2.31. The lowest BCUT2D eigenvalue weighted by Gasteiger charge is -2.34. The molecule has 1 saturated carbocycles. The van der Waals surface area contributed by atoms with Crippen molar-refractivity contribution in [2.24, 2.45) is 11.8 Å². The lowest BCUT2D eigenvalue weighted by atomic mass is 9.74. The highest BCUT2D eigenvalue weighted by atomic mass is 35.5. The molecule has 2 bridgehead atoms. The predicted octanol–water partition coefficient (Wildman–Crippen LogP) is 4.39. The molecule has 38 heavy (non-hydrogen) atoms. The van der Waals surface area contributed by atoms with Crippen LogP contribution in [0.2, 0.25) is 5.02 Å². The first-order chi connectivity index (χ1) is 18.4. The van der Waals surface area contributed by atoms with Crippen LogP contribution in [0.4, 0.5) is 5.69 Å². The summed E-state index contributed by atoms with van der Waals surface area (Å²) in [6.07, 6.45) is 8.28. The molecule has 6 rings (SSSR count). The molecule has 3 heterocycles. The van der Waals surface area contributed by atoms with Crippen LogP contribution in [0.5, 0.6) is 0 Å². The molecule has 1 spiro atoms. The van der Waals surface area contributed by atoms with Crippen LogP contribution in [-0.4, -0.2) is 46.4 Å². The minimum atomic E-state index is -1.20. The Bertz CT molecular complexity index is 1290. The van der Waals surface area contributed by atoms with Gasteiger partial charge in [0.05, 0.1) is 17.9 Å². The number of nitrogens with zero attached hydrogens (tertiary/aromatic N) is 1. The smallest absolute Gasteiger partial charge is 0.246 e. The SMILES string of the molecule is Cc1ccc(NC(=O)[C@@H]2[C@H]3C=C[C@@]4(O3)[C@H]2C(=O)N(Cc2ccccc2Cl)[C@@H]4C(=O)NC2CCCCC2)cc1. The van der Waals surface area contributed by atoms with E-state index >= 15 is 0 Å². The Hall–Kier alpha value is -3.16. The zero-order chi connectivity index (χ0) is 26.4. The van der Waals surface area contributed by atoms with E-state index in [2.05, 4.69) is 10.6 Å². The van der Waals surface area contributed by atoms with Crippen molar-refractivity contribution in [3.05, 3.63) is 76.8 Å². The van der Waals surface area contributed by atoms with Crippen LogP contribution < -0.4 is 10.6 Å². The fraction of sp³-hybridized carbons (Fsp3) is 0.433. The Labute approximate surface area is 227 Å². The molecule has 0 unspecified atom stereocenters. The van der Waals surface area contributed by atoms with Crippen molar-refractivity contribution in [2.45, 2.75) is 69.4 Å². The van der Waals surface area contributed by atoms with Crippen LogP contribution in [0.3, 0.4) is 0 Å². The number of carbonyl (C=O) groups excluding carboxylic acids is 3. The monoisotopic (exact) mass is 533 g/mol. The normalized spacial score (nSPS) is 29.9. The standard InChI is InChI=1S/C30H32ClN3O4/c1-18-11-13-21(14-12-18)32-27(35)24-23-15-16-30(38-23)25(24)29(37)34(17-19-7-5-6-10-22(19)31)26(30)28(36)33-20-8-3-2-4-9-20/h5-7,10-16,20,23-26H,2-4,8-9,17H2,1H3,(H,32,35)(H,33,36)/t23-,24-,25-,26-,30-/m1/s1. The van der Waals surface area contributed by atoms with Crippen molar-refractivity contribution in [3.63, 3.8) is 0 Å². The van der Waals surface area contributed by atoms with Crippen molar-refractivity contribution < 1.29 is 19.1 Å². The number of ether oxygens (including phenoxy) is 1. The largest absolute Gasteiger partial charge is 0.359 e. The minimum absolute atomic E-state index is 0.0761. The van der Waals surface area contributed by atoms with Gasteiger partial charge in [-0.1, -0.05) is 78.9 Å². The molecular weight excluding hydrogens is 502 g/mol. The lowest BCUT2D eigenvalue weighted by Crippen LogP contribution is -2.56. The maximum absolute atomic E-state index is 14.1. The van der Waals surface area contributed by atoms with Crippen molar-refractivity contribution in [2.75, 3.05) is 5.32 Å². The first-order valence-electron chi connectivity index (χ1n) is 13.5. The van der Waals surface area contributed by atoms with Gasteiger partial charge in [-0.3, -0.25) is 14.4 Å². The van der Waals surface area contributed by atoms with Gasteiger partial charge in [0.2, 0.25) is 17.7 Å². The Kier molecular flexibility index (Phi) is 6.52. The van der Waals surface area contributed by atoms with E-state index in [1.54, 1.807) is 11.0 Å². The maximum atomic E-state index is 14.1. The Morgan fingerprint density at radius 1 is 1.05 bits per heavy atom. The Morgan fingerprint density at radius 3 is 2.53 bits per heavy atom. The van der Waals surface area contributed by atoms with E-state index in [-0.39, 0.29) is 30.3 Å². The maximum Gasteiger partial charge on any atom is 0.246 e. The number of nitrogens with one attached hydrogen (secondary N) is 2. The molecule has 2 saturated heterocycles. The fourth-order valence-corrected chi connectivity index (χ4v) is 6.83. The summed E-state index contributed by atoms with van der Waals surface area (Å²) in [6.45, 7) is 2.14. The van der Waals surface area contributed by atoms with Gasteiger partial charge in [0, 0.05) is 23.3 Å². The average molecular weight is 534 g/mol. The number of hydrogen-bond acceptors (Lipinski definition) is 4. The second kappa shape index (κ2) is 9.86. The number of halogens is 1. The van der Waals surface area contributed by atoms with Gasteiger partial charge in [-0.2, -0.15) is 0 Å². The summed E-state index contributed by atoms with van der Waals surface area (Å²) in [7, 11) is 0. The van der Waals surface area contributed by atoms with E-state index in [1.165, 1.54) is 6.42 Å². The highest BCUT2D eigenvalue weighted by molar-refractivity contribution is 6.31. The summed E-state index contributed by atoms with van der Waals surface area (Å²) in [4.78, 5) is 43.2. The van der Waals surface area contributed by atoms with Gasteiger partial charge in [-0.15, -0.1) is 0 Å². The number of hydrogen-bond donors (Lipinski definition) is 2. The summed E-state index contributed by atoms with van der Waals surface area (Å²) < 4.78 is 6.44. The number of aryl methyl sites for hydroxylation is 1. The van der Waals surface area contributed by atoms with Crippen molar-refractivity contribution in [3.8, 4) is 0 Å². The molecule has 3 aliphatic heterocycles. The van der Waals surface area contributed by atoms with Crippen LogP contribution in [0.1, 0.15) is 43.2 Å². The van der Waals surface area contributed by atoms with Crippen LogP contribution in [0, 0.1) is 18.8 Å². The van der Waals surface area contributed by atoms with Crippen molar-refractivity contribution in [1.82, 2.24) is 10.2 Å². The second-order valence-corrected chi connectivity index (χ2v) is 11.4. The molecule has 8 heteroatoms. The average Bonchev–Trinajstić information content (AvgIpc) is 3.55. The molecule has 3 fully saturated rings. The second-order valence-electron chi connectivity index (χ2n) is 11.0. The van der Waals surface area contributed by atoms with Gasteiger partial charge < -0.3 is 20.3 Å². The van der Waals surface area contributed by atoms with Gasteiger partial charge in [-0.05, 0) is 43.5 Å². The molecule has 3 amide bonds. The number of fused-ring (bicyclic) bond motifs is 1. The first-order valence-corrected chi connectivity index (χ1v) is 13.8. The zero-order valence-corrected chi connectivity index (χ0v) is 22.1. The first kappa shape index (κ1) is 25.1. The quantitative estimate of drug-likeness (QED) is 0.539. The van der Waals surface area contributed by atoms with E-state index in [1.807, 2.05) is 61.5 Å². The third-order valence-corrected chi connectivity index (χ3v) is 8.86. The number of rotatable bonds is 6. The number of likely N-dealkylation sites (tertiary alicyclic amines) is 1. The highest BCUT2D eigenvalue weighted by Gasteiger charge is 2.72. The van der Waals surface area contributed by atoms with Gasteiger partial charge >= 0.3 is 0 Å². The van der Waals surface area contributed by atoms with Gasteiger partial charge in [0.15, 0.2) is 0 Å². The van der Waals surface area contributed by atoms with Crippen LogP contribution >= 0.6 is 11.6 Å². The summed E-state index contributed by atoms with van der Waals surface area (Å²) in [5, 5.41) is 6.70. The Morgan fingerprint density at radius 2 is 1.79 bits per heavy atom. The minimum Gasteiger partial charge on any atom is -0.359 e. The predicted molar refractivity (Wildman–Crippen MR) is 144 cm³/mol. The van der Waals surface area contributed by atoms with E-state index in [0.29, 0.717) is 10.7 Å². The van der Waals surface area contributed by atoms with E-state index in [4.69, 9.17) is 16.3 Å². The molecule has 2 aromatic rings. The molecule has 2 aromatic carbocycles. The Balaban J connectivity index is 1.33. The summed E-state index contributed by atoms with van der Waals surface area (Å²) >= 11 is 6.46. The molecule has 5 atom stereocenters. The van der Waals surface area contributed by atoms with E-state index in [9.17, 15) is 14.4 Å². The van der Waals surface area contributed by atoms with E-state index in [0.717, 1.165) is 36.8 Å². The van der Waals surface area contributed by atoms with Crippen LogP contribution in [0.15, 0.2) is 60.7 Å². The van der Waals surface area contributed by atoms with Crippen molar-refractivity contribution in [1.29, 1.82) is 0 Å². The zero-order valence-electron chi connectivity index (χ0n) is 21.4. The molecule has 2 N–H and O–H groups in total. The van der Waals surface area contributed by atoms with Crippen LogP contribution in [0.25, 0.3) is 0 Å². The van der Waals surface area contributed by atoms with Crippen molar-refractivity contribution >= 4 is 35.0 Å². The molecule has 0 radical (unpaired) electrons. The molecular formula is C30H32ClN3O4. The third kappa shape index (κ3) is 4.22. The third-order valence-electron chi connectivity index (χ3n) is 8.49. The summed E-state index contributed by atoms with van der Waals surface area (Å²) in [6, 6.07) is 14.0. The molecule has 198 valence electrons. The van der Waals surface area contributed by atoms with Gasteiger partial charge in [0.1, 0.15) is 11.6 Å². The number of amides is 3.